The van der Waals surface area contributed by atoms with Crippen molar-refractivity contribution in [1.29, 1.82) is 0 Å². The first-order valence-corrected chi connectivity index (χ1v) is 9.33. The van der Waals surface area contributed by atoms with Crippen LogP contribution in [-0.2, 0) is 19.6 Å². The number of amides is 1. The molecule has 0 aliphatic carbocycles. The molecule has 2 rings (SSSR count). The Morgan fingerprint density at radius 1 is 0.926 bits per heavy atom. The molecule has 2 aromatic rings. The molecule has 27 heavy (non-hydrogen) atoms. The number of nitrogens with zero attached hydrogens (tertiary/aromatic N) is 2. The van der Waals surface area contributed by atoms with Gasteiger partial charge in [0.2, 0.25) is 5.91 Å². The molecule has 0 aromatic heterocycles. The van der Waals surface area contributed by atoms with Gasteiger partial charge in [-0.1, -0.05) is 42.5 Å². The second kappa shape index (κ2) is 8.45. The summed E-state index contributed by atoms with van der Waals surface area (Å²) in [6.45, 7) is 2.26. The number of ketones is 2. The molecule has 0 saturated carbocycles. The van der Waals surface area contributed by atoms with E-state index in [1.807, 2.05) is 4.72 Å². The predicted molar refractivity (Wildman–Crippen MR) is 97.2 cm³/mol. The summed E-state index contributed by atoms with van der Waals surface area (Å²) in [6.07, 6.45) is 0. The Morgan fingerprint density at radius 2 is 1.52 bits per heavy atom. The van der Waals surface area contributed by atoms with E-state index in [1.54, 1.807) is 30.3 Å². The van der Waals surface area contributed by atoms with Gasteiger partial charge in [-0.2, -0.15) is 10.2 Å². The van der Waals surface area contributed by atoms with Gasteiger partial charge in [0.05, 0.1) is 0 Å². The summed E-state index contributed by atoms with van der Waals surface area (Å²) in [7, 11) is -4.15. The number of Topliss-reactive ketones (excluding diaryl/α,β-unsaturated/α-hetero) is 2. The Hall–Kier alpha value is -3.20. The van der Waals surface area contributed by atoms with Crippen molar-refractivity contribution in [3.8, 4) is 0 Å². The van der Waals surface area contributed by atoms with Gasteiger partial charge in [-0.15, -0.1) is 0 Å². The van der Waals surface area contributed by atoms with Gasteiger partial charge >= 0.3 is 0 Å². The summed E-state index contributed by atoms with van der Waals surface area (Å²) < 4.78 is 26.3. The van der Waals surface area contributed by atoms with E-state index in [0.29, 0.717) is 0 Å². The zero-order chi connectivity index (χ0) is 20.0. The van der Waals surface area contributed by atoms with Crippen LogP contribution in [0.15, 0.2) is 69.7 Å². The lowest BCUT2D eigenvalue weighted by Gasteiger charge is -2.09. The smallest absolute Gasteiger partial charge is 0.266 e. The van der Waals surface area contributed by atoms with Crippen LogP contribution in [0.1, 0.15) is 24.2 Å². The van der Waals surface area contributed by atoms with Crippen LogP contribution < -0.4 is 4.72 Å². The molecule has 140 valence electrons. The van der Waals surface area contributed by atoms with E-state index >= 15 is 0 Å². The monoisotopic (exact) mass is 387 g/mol. The highest BCUT2D eigenvalue weighted by molar-refractivity contribution is 7.90. The number of carbonyl (C=O) groups excluding carboxylic acids is 3. The first-order valence-electron chi connectivity index (χ1n) is 7.85. The van der Waals surface area contributed by atoms with Crippen LogP contribution in [0.2, 0.25) is 0 Å². The van der Waals surface area contributed by atoms with Crippen molar-refractivity contribution in [3.05, 3.63) is 60.2 Å². The summed E-state index contributed by atoms with van der Waals surface area (Å²) in [6, 6.07) is 12.3. The molecule has 1 N–H and O–H groups in total. The number of azo groups is 1. The highest BCUT2D eigenvalue weighted by atomic mass is 32.2. The Morgan fingerprint density at radius 3 is 2.11 bits per heavy atom. The molecule has 0 heterocycles. The van der Waals surface area contributed by atoms with Crippen molar-refractivity contribution in [2.24, 2.45) is 10.2 Å². The maximum Gasteiger partial charge on any atom is 0.266 e. The average Bonchev–Trinajstić information content (AvgIpc) is 2.61. The molecule has 0 radical (unpaired) electrons. The highest BCUT2D eigenvalue weighted by Gasteiger charge is 2.25. The predicted octanol–water partition coefficient (Wildman–Crippen LogP) is 2.44. The van der Waals surface area contributed by atoms with E-state index < -0.39 is 33.5 Å². The van der Waals surface area contributed by atoms with E-state index in [9.17, 15) is 22.8 Å². The molecule has 1 amide bonds. The van der Waals surface area contributed by atoms with Crippen molar-refractivity contribution >= 4 is 33.2 Å². The lowest BCUT2D eigenvalue weighted by atomic mass is 10.0. The van der Waals surface area contributed by atoms with Gasteiger partial charge in [-0.3, -0.25) is 14.4 Å². The molecule has 0 saturated heterocycles. The number of sulfonamides is 1. The molecular weight excluding hydrogens is 370 g/mol. The molecule has 8 nitrogen and oxygen atoms in total. The quantitative estimate of drug-likeness (QED) is 0.444. The van der Waals surface area contributed by atoms with Crippen LogP contribution in [0.5, 0.6) is 0 Å². The minimum atomic E-state index is -4.15. The van der Waals surface area contributed by atoms with Crippen LogP contribution in [0.25, 0.3) is 0 Å². The first kappa shape index (κ1) is 20.1. The fourth-order valence-corrected chi connectivity index (χ4v) is 3.34. The molecule has 2 aromatic carbocycles. The van der Waals surface area contributed by atoms with Crippen LogP contribution >= 0.6 is 0 Å². The lowest BCUT2D eigenvalue weighted by Crippen LogP contribution is -2.28. The fourth-order valence-electron chi connectivity index (χ4n) is 2.21. The Kier molecular flexibility index (Phi) is 6.30. The summed E-state index contributed by atoms with van der Waals surface area (Å²) in [5.41, 5.74) is 0.189. The van der Waals surface area contributed by atoms with Gasteiger partial charge in [0, 0.05) is 12.5 Å². The topological polar surface area (TPSA) is 122 Å². The maximum atomic E-state index is 12.5. The SMILES string of the molecule is CC(=O)NS(=O)(=O)c1ccccc1N=NC(C(C)=O)C(=O)c1ccccc1. The molecule has 0 aliphatic rings. The molecule has 1 atom stereocenters. The van der Waals surface area contributed by atoms with E-state index in [1.165, 1.54) is 31.2 Å². The fraction of sp³-hybridized carbons (Fsp3) is 0.167. The molecular formula is C18H17N3O5S. The number of hydrogen-bond donors (Lipinski definition) is 1. The third-order valence-corrected chi connectivity index (χ3v) is 4.89. The average molecular weight is 387 g/mol. The van der Waals surface area contributed by atoms with Crippen molar-refractivity contribution in [2.75, 3.05) is 0 Å². The van der Waals surface area contributed by atoms with E-state index in [4.69, 9.17) is 0 Å². The Balaban J connectivity index is 2.40. The Bertz CT molecular complexity index is 1000. The summed E-state index contributed by atoms with van der Waals surface area (Å²) in [5, 5.41) is 7.57. The molecule has 0 spiro atoms. The summed E-state index contributed by atoms with van der Waals surface area (Å²) in [4.78, 5) is 35.2. The summed E-state index contributed by atoms with van der Waals surface area (Å²) >= 11 is 0. The number of carbonyl (C=O) groups is 3. The van der Waals surface area contributed by atoms with Gasteiger partial charge in [0.1, 0.15) is 10.6 Å². The Labute approximate surface area is 156 Å². The van der Waals surface area contributed by atoms with Crippen LogP contribution in [-0.4, -0.2) is 31.9 Å². The van der Waals surface area contributed by atoms with E-state index in [0.717, 1.165) is 6.92 Å². The molecule has 0 fully saturated rings. The minimum absolute atomic E-state index is 0.0987. The number of rotatable bonds is 7. The van der Waals surface area contributed by atoms with Gasteiger partial charge in [-0.05, 0) is 19.1 Å². The third-order valence-electron chi connectivity index (χ3n) is 3.41. The molecule has 9 heteroatoms. The van der Waals surface area contributed by atoms with Crippen molar-refractivity contribution < 1.29 is 22.8 Å². The van der Waals surface area contributed by atoms with Crippen molar-refractivity contribution in [2.45, 2.75) is 24.8 Å². The number of benzene rings is 2. The van der Waals surface area contributed by atoms with Crippen LogP contribution in [0.3, 0.4) is 0 Å². The molecule has 0 bridgehead atoms. The highest BCUT2D eigenvalue weighted by Crippen LogP contribution is 2.24. The van der Waals surface area contributed by atoms with Gasteiger partial charge in [0.15, 0.2) is 17.6 Å². The first-order chi connectivity index (χ1) is 12.7. The maximum absolute atomic E-state index is 12.5. The van der Waals surface area contributed by atoms with Crippen molar-refractivity contribution in [3.63, 3.8) is 0 Å². The van der Waals surface area contributed by atoms with Gasteiger partial charge < -0.3 is 0 Å². The van der Waals surface area contributed by atoms with Crippen LogP contribution in [0, 0.1) is 0 Å². The summed E-state index contributed by atoms with van der Waals surface area (Å²) in [5.74, 6) is -1.84. The molecule has 0 aliphatic heterocycles. The second-order valence-electron chi connectivity index (χ2n) is 5.59. The standard InChI is InChI=1S/C18H17N3O5S/c1-12(22)17(18(24)14-8-4-3-5-9-14)20-19-15-10-6-7-11-16(15)27(25,26)21-13(2)23/h3-11,17H,1-2H3,(H,21,23). The van der Waals surface area contributed by atoms with Gasteiger partial charge in [-0.25, -0.2) is 13.1 Å². The number of nitrogens with one attached hydrogen (secondary N) is 1. The third kappa shape index (κ3) is 5.14. The molecule has 1 unspecified atom stereocenters. The number of hydrogen-bond acceptors (Lipinski definition) is 7. The van der Waals surface area contributed by atoms with Crippen molar-refractivity contribution in [1.82, 2.24) is 4.72 Å². The zero-order valence-corrected chi connectivity index (χ0v) is 15.4. The van der Waals surface area contributed by atoms with Crippen LogP contribution in [0.4, 0.5) is 5.69 Å². The normalized spacial score (nSPS) is 12.5. The van der Waals surface area contributed by atoms with E-state index in [-0.39, 0.29) is 16.1 Å². The second-order valence-corrected chi connectivity index (χ2v) is 7.24. The minimum Gasteiger partial charge on any atom is -0.297 e. The zero-order valence-electron chi connectivity index (χ0n) is 14.6. The van der Waals surface area contributed by atoms with E-state index in [2.05, 4.69) is 10.2 Å². The lowest BCUT2D eigenvalue weighted by molar-refractivity contribution is -0.118. The van der Waals surface area contributed by atoms with Gasteiger partial charge in [0.25, 0.3) is 10.0 Å². The largest absolute Gasteiger partial charge is 0.297 e.